The van der Waals surface area contributed by atoms with Crippen LogP contribution in [0, 0.1) is 6.92 Å². The van der Waals surface area contributed by atoms with Gasteiger partial charge in [0.1, 0.15) is 0 Å². The van der Waals surface area contributed by atoms with Gasteiger partial charge in [-0.3, -0.25) is 4.68 Å². The number of rotatable bonds is 5. The maximum atomic E-state index is 6.18. The first-order valence-electron chi connectivity index (χ1n) is 6.42. The minimum Gasteiger partial charge on any atom is -0.327 e. The van der Waals surface area contributed by atoms with Gasteiger partial charge in [0.15, 0.2) is 0 Å². The smallest absolute Gasteiger partial charge is 0.0521 e. The van der Waals surface area contributed by atoms with Crippen molar-refractivity contribution in [2.75, 3.05) is 0 Å². The Bertz CT molecular complexity index is 502. The molecule has 0 amide bonds. The van der Waals surface area contributed by atoms with Crippen LogP contribution in [0.4, 0.5) is 0 Å². The van der Waals surface area contributed by atoms with E-state index in [2.05, 4.69) is 42.5 Å². The number of hydrogen-bond acceptors (Lipinski definition) is 2. The van der Waals surface area contributed by atoms with Crippen LogP contribution < -0.4 is 5.73 Å². The van der Waals surface area contributed by atoms with E-state index in [0.29, 0.717) is 0 Å². The van der Waals surface area contributed by atoms with Crippen LogP contribution in [0.5, 0.6) is 0 Å². The van der Waals surface area contributed by atoms with Crippen molar-refractivity contribution >= 4 is 0 Å². The van der Waals surface area contributed by atoms with Crippen LogP contribution in [-0.4, -0.2) is 15.8 Å². The van der Waals surface area contributed by atoms with Gasteiger partial charge in [-0.05, 0) is 37.3 Å². The third-order valence-corrected chi connectivity index (χ3v) is 3.14. The van der Waals surface area contributed by atoms with Crippen LogP contribution in [-0.2, 0) is 19.9 Å². The Morgan fingerprint density at radius 1 is 1.33 bits per heavy atom. The monoisotopic (exact) mass is 243 g/mol. The number of nitrogens with zero attached hydrogens (tertiary/aromatic N) is 2. The number of hydrogen-bond donors (Lipinski definition) is 1. The second-order valence-electron chi connectivity index (χ2n) is 5.01. The SMILES string of the molecule is Cc1cccc(CC(N)CCc2cnn(C)c2)c1. The fourth-order valence-corrected chi connectivity index (χ4v) is 2.20. The first-order valence-corrected chi connectivity index (χ1v) is 6.42. The first kappa shape index (κ1) is 12.8. The largest absolute Gasteiger partial charge is 0.327 e. The molecule has 3 nitrogen and oxygen atoms in total. The molecule has 0 bridgehead atoms. The lowest BCUT2D eigenvalue weighted by Gasteiger charge is -2.11. The molecule has 1 unspecified atom stereocenters. The molecule has 1 aromatic carbocycles. The van der Waals surface area contributed by atoms with Gasteiger partial charge in [0.25, 0.3) is 0 Å². The Hall–Kier alpha value is -1.61. The molecule has 2 aromatic rings. The van der Waals surface area contributed by atoms with E-state index in [1.54, 1.807) is 0 Å². The Kier molecular flexibility index (Phi) is 4.15. The number of benzene rings is 1. The van der Waals surface area contributed by atoms with Gasteiger partial charge in [0.2, 0.25) is 0 Å². The summed E-state index contributed by atoms with van der Waals surface area (Å²) in [5.41, 5.74) is 10.1. The van der Waals surface area contributed by atoms with Gasteiger partial charge < -0.3 is 5.73 Å². The van der Waals surface area contributed by atoms with Gasteiger partial charge in [-0.1, -0.05) is 29.8 Å². The molecular weight excluding hydrogens is 222 g/mol. The summed E-state index contributed by atoms with van der Waals surface area (Å²) in [6.07, 6.45) is 6.92. The molecule has 0 fully saturated rings. The summed E-state index contributed by atoms with van der Waals surface area (Å²) >= 11 is 0. The quantitative estimate of drug-likeness (QED) is 0.875. The molecule has 0 aliphatic heterocycles. The molecule has 2 rings (SSSR count). The van der Waals surface area contributed by atoms with Crippen LogP contribution >= 0.6 is 0 Å². The predicted octanol–water partition coefficient (Wildman–Crippen LogP) is 2.23. The minimum atomic E-state index is 0.215. The third-order valence-electron chi connectivity index (χ3n) is 3.14. The van der Waals surface area contributed by atoms with E-state index in [-0.39, 0.29) is 6.04 Å². The Morgan fingerprint density at radius 2 is 2.17 bits per heavy atom. The first-order chi connectivity index (χ1) is 8.63. The van der Waals surface area contributed by atoms with Gasteiger partial charge in [0, 0.05) is 19.3 Å². The highest BCUT2D eigenvalue weighted by Gasteiger charge is 2.06. The van der Waals surface area contributed by atoms with Gasteiger partial charge >= 0.3 is 0 Å². The predicted molar refractivity (Wildman–Crippen MR) is 74.4 cm³/mol. The van der Waals surface area contributed by atoms with Crippen LogP contribution in [0.15, 0.2) is 36.7 Å². The van der Waals surface area contributed by atoms with E-state index in [9.17, 15) is 0 Å². The van der Waals surface area contributed by atoms with Gasteiger partial charge in [-0.25, -0.2) is 0 Å². The molecular formula is C15H21N3. The summed E-state index contributed by atoms with van der Waals surface area (Å²) in [5, 5.41) is 4.17. The second kappa shape index (κ2) is 5.83. The maximum Gasteiger partial charge on any atom is 0.0521 e. The maximum absolute atomic E-state index is 6.18. The third kappa shape index (κ3) is 3.70. The molecule has 96 valence electrons. The number of nitrogens with two attached hydrogens (primary N) is 1. The minimum absolute atomic E-state index is 0.215. The standard InChI is InChI=1S/C15H21N3/c1-12-4-3-5-13(8-12)9-15(16)7-6-14-10-17-18(2)11-14/h3-5,8,10-11,15H,6-7,9,16H2,1-2H3. The Balaban J connectivity index is 1.83. The lowest BCUT2D eigenvalue weighted by Crippen LogP contribution is -2.23. The lowest BCUT2D eigenvalue weighted by molar-refractivity contribution is 0.610. The van der Waals surface area contributed by atoms with Crippen molar-refractivity contribution in [3.63, 3.8) is 0 Å². The molecule has 3 heteroatoms. The zero-order valence-electron chi connectivity index (χ0n) is 11.1. The molecule has 0 aliphatic rings. The highest BCUT2D eigenvalue weighted by Crippen LogP contribution is 2.10. The summed E-state index contributed by atoms with van der Waals surface area (Å²) in [6.45, 7) is 2.12. The summed E-state index contributed by atoms with van der Waals surface area (Å²) in [5.74, 6) is 0. The zero-order valence-corrected chi connectivity index (χ0v) is 11.1. The van der Waals surface area contributed by atoms with Crippen molar-refractivity contribution < 1.29 is 0 Å². The summed E-state index contributed by atoms with van der Waals surface area (Å²) in [4.78, 5) is 0. The van der Waals surface area contributed by atoms with Gasteiger partial charge in [-0.2, -0.15) is 5.10 Å². The van der Waals surface area contributed by atoms with Crippen molar-refractivity contribution in [1.29, 1.82) is 0 Å². The molecule has 0 radical (unpaired) electrons. The van der Waals surface area contributed by atoms with E-state index >= 15 is 0 Å². The molecule has 1 atom stereocenters. The van der Waals surface area contributed by atoms with Crippen molar-refractivity contribution in [3.05, 3.63) is 53.3 Å². The van der Waals surface area contributed by atoms with Crippen molar-refractivity contribution in [3.8, 4) is 0 Å². The van der Waals surface area contributed by atoms with E-state index < -0.39 is 0 Å². The zero-order chi connectivity index (χ0) is 13.0. The van der Waals surface area contributed by atoms with Gasteiger partial charge in [-0.15, -0.1) is 0 Å². The molecule has 18 heavy (non-hydrogen) atoms. The topological polar surface area (TPSA) is 43.8 Å². The van der Waals surface area contributed by atoms with Crippen molar-refractivity contribution in [2.24, 2.45) is 12.8 Å². The van der Waals surface area contributed by atoms with Crippen LogP contribution in [0.25, 0.3) is 0 Å². The highest BCUT2D eigenvalue weighted by molar-refractivity contribution is 5.23. The van der Waals surface area contributed by atoms with Crippen LogP contribution in [0.1, 0.15) is 23.1 Å². The van der Waals surface area contributed by atoms with Crippen LogP contribution in [0.3, 0.4) is 0 Å². The summed E-state index contributed by atoms with van der Waals surface area (Å²) in [6, 6.07) is 8.79. The van der Waals surface area contributed by atoms with E-state index in [1.807, 2.05) is 17.9 Å². The van der Waals surface area contributed by atoms with Crippen molar-refractivity contribution in [1.82, 2.24) is 9.78 Å². The molecule has 1 aromatic heterocycles. The molecule has 1 heterocycles. The molecule has 0 aliphatic carbocycles. The normalized spacial score (nSPS) is 12.6. The summed E-state index contributed by atoms with van der Waals surface area (Å²) in [7, 11) is 1.94. The second-order valence-corrected chi connectivity index (χ2v) is 5.01. The molecule has 2 N–H and O–H groups in total. The number of aryl methyl sites for hydroxylation is 3. The highest BCUT2D eigenvalue weighted by atomic mass is 15.2. The lowest BCUT2D eigenvalue weighted by atomic mass is 10.00. The van der Waals surface area contributed by atoms with E-state index in [4.69, 9.17) is 5.73 Å². The van der Waals surface area contributed by atoms with E-state index in [1.165, 1.54) is 16.7 Å². The molecule has 0 spiro atoms. The fourth-order valence-electron chi connectivity index (χ4n) is 2.20. The van der Waals surface area contributed by atoms with E-state index in [0.717, 1.165) is 19.3 Å². The Labute approximate surface area is 109 Å². The van der Waals surface area contributed by atoms with Crippen molar-refractivity contribution in [2.45, 2.75) is 32.2 Å². The van der Waals surface area contributed by atoms with Crippen LogP contribution in [0.2, 0.25) is 0 Å². The fraction of sp³-hybridized carbons (Fsp3) is 0.400. The molecule has 0 saturated heterocycles. The van der Waals surface area contributed by atoms with Gasteiger partial charge in [0.05, 0.1) is 6.20 Å². The number of aromatic nitrogens is 2. The summed E-state index contributed by atoms with van der Waals surface area (Å²) < 4.78 is 1.83. The Morgan fingerprint density at radius 3 is 2.83 bits per heavy atom. The average molecular weight is 243 g/mol. The molecule has 0 saturated carbocycles. The average Bonchev–Trinajstić information content (AvgIpc) is 2.73.